The maximum Gasteiger partial charge on any atom is 0.263 e. The van der Waals surface area contributed by atoms with E-state index in [1.165, 1.54) is 10.4 Å². The molecular formula is C18H21ClN2O4S2. The summed E-state index contributed by atoms with van der Waals surface area (Å²) in [7, 11) is -3.57. The second kappa shape index (κ2) is 8.18. The molecular weight excluding hydrogens is 408 g/mol. The van der Waals surface area contributed by atoms with Crippen molar-refractivity contribution < 1.29 is 17.9 Å². The molecule has 0 spiro atoms. The maximum atomic E-state index is 12.6. The van der Waals surface area contributed by atoms with Crippen molar-refractivity contribution in [3.63, 3.8) is 0 Å². The number of hydrogen-bond acceptors (Lipinski definition) is 5. The largest absolute Gasteiger partial charge is 0.481 e. The van der Waals surface area contributed by atoms with Gasteiger partial charge in [0, 0.05) is 26.2 Å². The molecule has 3 rings (SSSR count). The Kier molecular flexibility index (Phi) is 6.10. The lowest BCUT2D eigenvalue weighted by atomic mass is 10.2. The highest BCUT2D eigenvalue weighted by Gasteiger charge is 2.32. The van der Waals surface area contributed by atoms with Gasteiger partial charge in [0.25, 0.3) is 15.9 Å². The molecule has 1 saturated heterocycles. The van der Waals surface area contributed by atoms with Crippen LogP contribution in [-0.4, -0.2) is 55.8 Å². The fraction of sp³-hybridized carbons (Fsp3) is 0.389. The number of rotatable bonds is 5. The normalized spacial score (nSPS) is 16.9. The summed E-state index contributed by atoms with van der Waals surface area (Å²) in [5, 5.41) is 0. The number of ether oxygens (including phenoxy) is 1. The molecule has 1 aromatic heterocycles. The number of piperazine rings is 1. The first-order chi connectivity index (χ1) is 12.8. The monoisotopic (exact) mass is 428 g/mol. The lowest BCUT2D eigenvalue weighted by molar-refractivity contribution is -0.139. The Labute approximate surface area is 168 Å². The number of halogens is 1. The van der Waals surface area contributed by atoms with Crippen molar-refractivity contribution >= 4 is 38.9 Å². The highest BCUT2D eigenvalue weighted by molar-refractivity contribution is 7.91. The Balaban J connectivity index is 1.59. The second-order valence-corrected chi connectivity index (χ2v) is 10.2. The van der Waals surface area contributed by atoms with Gasteiger partial charge in [0.2, 0.25) is 0 Å². The predicted octanol–water partition coefficient (Wildman–Crippen LogP) is 3.01. The number of carbonyl (C=O) groups is 1. The standard InChI is InChI=1S/C18H21ClN2O4S2/c1-13-4-3-5-15(12-13)25-14(2)18(22)20-8-10-21(11-9-20)27(23,24)17-7-6-16(19)26-17/h3-7,12,14H,8-11H2,1-2H3. The van der Waals surface area contributed by atoms with Gasteiger partial charge in [-0.25, -0.2) is 8.42 Å². The van der Waals surface area contributed by atoms with E-state index in [2.05, 4.69) is 0 Å². The van der Waals surface area contributed by atoms with Crippen LogP contribution in [0.3, 0.4) is 0 Å². The van der Waals surface area contributed by atoms with Crippen LogP contribution in [0.4, 0.5) is 0 Å². The summed E-state index contributed by atoms with van der Waals surface area (Å²) in [4.78, 5) is 14.3. The van der Waals surface area contributed by atoms with Gasteiger partial charge in [0.1, 0.15) is 9.96 Å². The molecule has 2 heterocycles. The number of aryl methyl sites for hydroxylation is 1. The van der Waals surface area contributed by atoms with Crippen molar-refractivity contribution in [2.75, 3.05) is 26.2 Å². The first-order valence-corrected chi connectivity index (χ1v) is 11.2. The molecule has 1 aliphatic rings. The molecule has 0 saturated carbocycles. The van der Waals surface area contributed by atoms with Gasteiger partial charge >= 0.3 is 0 Å². The van der Waals surface area contributed by atoms with E-state index < -0.39 is 16.1 Å². The van der Waals surface area contributed by atoms with Crippen molar-refractivity contribution in [3.05, 3.63) is 46.3 Å². The molecule has 0 radical (unpaired) electrons. The van der Waals surface area contributed by atoms with E-state index >= 15 is 0 Å². The summed E-state index contributed by atoms with van der Waals surface area (Å²) in [5.74, 6) is 0.499. The molecule has 146 valence electrons. The average molecular weight is 429 g/mol. The topological polar surface area (TPSA) is 66.9 Å². The lowest BCUT2D eigenvalue weighted by Gasteiger charge is -2.34. The van der Waals surface area contributed by atoms with Gasteiger partial charge in [0.15, 0.2) is 6.10 Å². The molecule has 1 amide bonds. The van der Waals surface area contributed by atoms with E-state index in [1.807, 2.05) is 31.2 Å². The van der Waals surface area contributed by atoms with Gasteiger partial charge < -0.3 is 9.64 Å². The minimum atomic E-state index is -3.57. The third kappa shape index (κ3) is 4.63. The Morgan fingerprint density at radius 3 is 2.48 bits per heavy atom. The molecule has 1 aliphatic heterocycles. The van der Waals surface area contributed by atoms with E-state index in [1.54, 1.807) is 17.9 Å². The van der Waals surface area contributed by atoms with Crippen LogP contribution < -0.4 is 4.74 Å². The van der Waals surface area contributed by atoms with Crippen LogP contribution in [0.5, 0.6) is 5.75 Å². The Hall–Kier alpha value is -1.61. The smallest absolute Gasteiger partial charge is 0.263 e. The molecule has 27 heavy (non-hydrogen) atoms. The van der Waals surface area contributed by atoms with Gasteiger partial charge in [0.05, 0.1) is 4.34 Å². The SMILES string of the molecule is Cc1cccc(OC(C)C(=O)N2CCN(S(=O)(=O)c3ccc(Cl)s3)CC2)c1. The maximum absolute atomic E-state index is 12.6. The summed E-state index contributed by atoms with van der Waals surface area (Å²) in [5.41, 5.74) is 1.06. The summed E-state index contributed by atoms with van der Waals surface area (Å²) in [6.07, 6.45) is -0.633. The van der Waals surface area contributed by atoms with Crippen molar-refractivity contribution in [1.29, 1.82) is 0 Å². The minimum Gasteiger partial charge on any atom is -0.481 e. The number of thiophene rings is 1. The van der Waals surface area contributed by atoms with Gasteiger partial charge in [-0.05, 0) is 43.7 Å². The van der Waals surface area contributed by atoms with Crippen LogP contribution in [-0.2, 0) is 14.8 Å². The van der Waals surface area contributed by atoms with Gasteiger partial charge in [-0.2, -0.15) is 4.31 Å². The van der Waals surface area contributed by atoms with Gasteiger partial charge in [-0.15, -0.1) is 11.3 Å². The summed E-state index contributed by atoms with van der Waals surface area (Å²) >= 11 is 6.89. The number of amides is 1. The van der Waals surface area contributed by atoms with E-state index in [-0.39, 0.29) is 23.2 Å². The Morgan fingerprint density at radius 2 is 1.89 bits per heavy atom. The molecule has 1 fully saturated rings. The molecule has 0 N–H and O–H groups in total. The molecule has 1 atom stereocenters. The third-order valence-electron chi connectivity index (χ3n) is 4.34. The van der Waals surface area contributed by atoms with E-state index in [9.17, 15) is 13.2 Å². The van der Waals surface area contributed by atoms with Crippen molar-refractivity contribution in [1.82, 2.24) is 9.21 Å². The van der Waals surface area contributed by atoms with Gasteiger partial charge in [-0.3, -0.25) is 4.79 Å². The molecule has 1 aromatic carbocycles. The summed E-state index contributed by atoms with van der Waals surface area (Å²) < 4.78 is 33.1. The van der Waals surface area contributed by atoms with E-state index in [0.29, 0.717) is 23.2 Å². The summed E-state index contributed by atoms with van der Waals surface area (Å²) in [6, 6.07) is 10.6. The number of benzene rings is 1. The van der Waals surface area contributed by atoms with Crippen LogP contribution in [0.1, 0.15) is 12.5 Å². The Morgan fingerprint density at radius 1 is 1.19 bits per heavy atom. The fourth-order valence-electron chi connectivity index (χ4n) is 2.91. The number of nitrogens with zero attached hydrogens (tertiary/aromatic N) is 2. The lowest BCUT2D eigenvalue weighted by Crippen LogP contribution is -2.53. The molecule has 9 heteroatoms. The predicted molar refractivity (Wildman–Crippen MR) is 106 cm³/mol. The Bertz CT molecular complexity index is 921. The zero-order valence-corrected chi connectivity index (χ0v) is 17.5. The van der Waals surface area contributed by atoms with E-state index in [4.69, 9.17) is 16.3 Å². The van der Waals surface area contributed by atoms with Crippen LogP contribution in [0.2, 0.25) is 4.34 Å². The molecule has 1 unspecified atom stereocenters. The number of sulfonamides is 1. The van der Waals surface area contributed by atoms with Crippen LogP contribution in [0.25, 0.3) is 0 Å². The highest BCUT2D eigenvalue weighted by atomic mass is 35.5. The number of carbonyl (C=O) groups excluding carboxylic acids is 1. The first kappa shape index (κ1) is 20.1. The zero-order valence-electron chi connectivity index (χ0n) is 15.1. The van der Waals surface area contributed by atoms with E-state index in [0.717, 1.165) is 16.9 Å². The summed E-state index contributed by atoms with van der Waals surface area (Å²) in [6.45, 7) is 4.83. The van der Waals surface area contributed by atoms with Crippen molar-refractivity contribution in [2.45, 2.75) is 24.2 Å². The second-order valence-electron chi connectivity index (χ2n) is 6.36. The average Bonchev–Trinajstić information content (AvgIpc) is 3.08. The number of hydrogen-bond donors (Lipinski definition) is 0. The van der Waals surface area contributed by atoms with Crippen molar-refractivity contribution in [3.8, 4) is 5.75 Å². The fourth-order valence-corrected chi connectivity index (χ4v) is 5.97. The van der Waals surface area contributed by atoms with Crippen LogP contribution >= 0.6 is 22.9 Å². The molecule has 0 bridgehead atoms. The molecule has 6 nitrogen and oxygen atoms in total. The van der Waals surface area contributed by atoms with Gasteiger partial charge in [-0.1, -0.05) is 23.7 Å². The molecule has 2 aromatic rings. The highest BCUT2D eigenvalue weighted by Crippen LogP contribution is 2.28. The van der Waals surface area contributed by atoms with Crippen LogP contribution in [0, 0.1) is 6.92 Å². The quantitative estimate of drug-likeness (QED) is 0.734. The molecule has 0 aliphatic carbocycles. The van der Waals surface area contributed by atoms with Crippen molar-refractivity contribution in [2.24, 2.45) is 0 Å². The minimum absolute atomic E-state index is 0.146. The zero-order chi connectivity index (χ0) is 19.6. The van der Waals surface area contributed by atoms with Crippen LogP contribution in [0.15, 0.2) is 40.6 Å². The third-order valence-corrected chi connectivity index (χ3v) is 7.94. The first-order valence-electron chi connectivity index (χ1n) is 8.55.